The highest BCUT2D eigenvalue weighted by molar-refractivity contribution is 5.90. The van der Waals surface area contributed by atoms with Gasteiger partial charge in [-0.2, -0.15) is 0 Å². The minimum absolute atomic E-state index is 0.347. The molecule has 0 heterocycles. The second-order valence-electron chi connectivity index (χ2n) is 4.09. The number of ether oxygens (including phenoxy) is 3. The Morgan fingerprint density at radius 1 is 1.15 bits per heavy atom. The van der Waals surface area contributed by atoms with Crippen molar-refractivity contribution in [3.05, 3.63) is 41.5 Å². The minimum atomic E-state index is -0.391. The van der Waals surface area contributed by atoms with E-state index in [0.29, 0.717) is 25.6 Å². The van der Waals surface area contributed by atoms with Crippen LogP contribution in [0.5, 0.6) is 0 Å². The Hall–Kier alpha value is -1.81. The van der Waals surface area contributed by atoms with Crippen LogP contribution in [0.25, 0.3) is 5.76 Å². The zero-order valence-electron chi connectivity index (χ0n) is 12.3. The third-order valence-corrected chi connectivity index (χ3v) is 2.69. The van der Waals surface area contributed by atoms with Crippen molar-refractivity contribution in [2.45, 2.75) is 20.3 Å². The molecule has 0 saturated carbocycles. The van der Waals surface area contributed by atoms with Crippen molar-refractivity contribution >= 4 is 11.7 Å². The lowest BCUT2D eigenvalue weighted by Crippen LogP contribution is -2.05. The van der Waals surface area contributed by atoms with Crippen molar-refractivity contribution in [1.82, 2.24) is 0 Å². The van der Waals surface area contributed by atoms with E-state index in [0.717, 1.165) is 17.5 Å². The first-order valence-corrected chi connectivity index (χ1v) is 6.81. The van der Waals surface area contributed by atoms with Gasteiger partial charge in [-0.1, -0.05) is 24.3 Å². The number of rotatable bonds is 8. The molecule has 0 spiro atoms. The first-order chi connectivity index (χ1) is 9.72. The molecule has 20 heavy (non-hydrogen) atoms. The summed E-state index contributed by atoms with van der Waals surface area (Å²) in [6, 6.07) is 7.82. The van der Waals surface area contributed by atoms with Gasteiger partial charge in [0, 0.05) is 12.7 Å². The molecule has 0 N–H and O–H groups in total. The Morgan fingerprint density at radius 3 is 2.50 bits per heavy atom. The summed E-state index contributed by atoms with van der Waals surface area (Å²) in [7, 11) is 1.67. The fourth-order valence-electron chi connectivity index (χ4n) is 1.83. The van der Waals surface area contributed by atoms with Gasteiger partial charge in [0.2, 0.25) is 0 Å². The van der Waals surface area contributed by atoms with Crippen LogP contribution in [0.2, 0.25) is 0 Å². The van der Waals surface area contributed by atoms with Gasteiger partial charge < -0.3 is 14.2 Å². The van der Waals surface area contributed by atoms with Crippen molar-refractivity contribution in [2.24, 2.45) is 0 Å². The summed E-state index contributed by atoms with van der Waals surface area (Å²) in [5.74, 6) is 0.148. The molecule has 0 aromatic heterocycles. The molecule has 0 aliphatic rings. The molecule has 0 atom stereocenters. The molecular weight excluding hydrogens is 256 g/mol. The Labute approximate surface area is 120 Å². The SMILES string of the molecule is CCOC(=O)/C=C(\OCC)c1ccccc1CCOC. The molecule has 0 unspecified atom stereocenters. The summed E-state index contributed by atoms with van der Waals surface area (Å²) >= 11 is 0. The molecule has 0 amide bonds. The van der Waals surface area contributed by atoms with Crippen LogP contribution < -0.4 is 0 Å². The molecule has 0 fully saturated rings. The van der Waals surface area contributed by atoms with E-state index in [2.05, 4.69) is 0 Å². The summed E-state index contributed by atoms with van der Waals surface area (Å²) in [6.07, 6.45) is 2.17. The van der Waals surface area contributed by atoms with E-state index in [-0.39, 0.29) is 0 Å². The summed E-state index contributed by atoms with van der Waals surface area (Å²) in [5, 5.41) is 0. The largest absolute Gasteiger partial charge is 0.493 e. The van der Waals surface area contributed by atoms with E-state index in [4.69, 9.17) is 14.2 Å². The second kappa shape index (κ2) is 9.15. The molecule has 1 aromatic rings. The Bertz CT molecular complexity index is 452. The normalized spacial score (nSPS) is 11.2. The predicted octanol–water partition coefficient (Wildman–Crippen LogP) is 2.82. The van der Waals surface area contributed by atoms with Crippen LogP contribution in [-0.4, -0.2) is 32.9 Å². The third-order valence-electron chi connectivity index (χ3n) is 2.69. The molecule has 4 heteroatoms. The first kappa shape index (κ1) is 16.2. The maximum Gasteiger partial charge on any atom is 0.334 e. The van der Waals surface area contributed by atoms with Crippen LogP contribution in [-0.2, 0) is 25.4 Å². The Morgan fingerprint density at radius 2 is 1.85 bits per heavy atom. The fraction of sp³-hybridized carbons (Fsp3) is 0.438. The maximum absolute atomic E-state index is 11.6. The highest BCUT2D eigenvalue weighted by Gasteiger charge is 2.11. The molecule has 1 aromatic carbocycles. The van der Waals surface area contributed by atoms with Crippen molar-refractivity contribution in [2.75, 3.05) is 26.9 Å². The number of methoxy groups -OCH3 is 1. The quantitative estimate of drug-likeness (QED) is 0.417. The topological polar surface area (TPSA) is 44.8 Å². The maximum atomic E-state index is 11.6. The summed E-state index contributed by atoms with van der Waals surface area (Å²) in [5.41, 5.74) is 1.98. The highest BCUT2D eigenvalue weighted by Crippen LogP contribution is 2.21. The van der Waals surface area contributed by atoms with Crippen molar-refractivity contribution in [1.29, 1.82) is 0 Å². The molecule has 0 aliphatic carbocycles. The number of hydrogen-bond donors (Lipinski definition) is 0. The molecule has 1 rings (SSSR count). The first-order valence-electron chi connectivity index (χ1n) is 6.81. The lowest BCUT2D eigenvalue weighted by molar-refractivity contribution is -0.137. The van der Waals surface area contributed by atoms with Gasteiger partial charge in [0.1, 0.15) is 5.76 Å². The minimum Gasteiger partial charge on any atom is -0.493 e. The van der Waals surface area contributed by atoms with Crippen LogP contribution in [0, 0.1) is 0 Å². The smallest absolute Gasteiger partial charge is 0.334 e. The average Bonchev–Trinajstić information content (AvgIpc) is 2.45. The number of hydrogen-bond acceptors (Lipinski definition) is 4. The molecule has 0 radical (unpaired) electrons. The number of benzene rings is 1. The van der Waals surface area contributed by atoms with Gasteiger partial charge in [0.15, 0.2) is 0 Å². The third kappa shape index (κ3) is 5.05. The lowest BCUT2D eigenvalue weighted by atomic mass is 10.0. The van der Waals surface area contributed by atoms with Crippen LogP contribution in [0.15, 0.2) is 30.3 Å². The van der Waals surface area contributed by atoms with Crippen molar-refractivity contribution in [3.8, 4) is 0 Å². The monoisotopic (exact) mass is 278 g/mol. The highest BCUT2D eigenvalue weighted by atomic mass is 16.5. The lowest BCUT2D eigenvalue weighted by Gasteiger charge is -2.13. The van der Waals surface area contributed by atoms with E-state index in [9.17, 15) is 4.79 Å². The Balaban J connectivity index is 3.04. The van der Waals surface area contributed by atoms with Gasteiger partial charge in [-0.05, 0) is 25.8 Å². The molecular formula is C16H22O4. The Kier molecular flexibility index (Phi) is 7.43. The van der Waals surface area contributed by atoms with Gasteiger partial charge in [-0.25, -0.2) is 4.79 Å². The molecule has 0 bridgehead atoms. The summed E-state index contributed by atoms with van der Waals surface area (Å²) in [4.78, 5) is 11.6. The van der Waals surface area contributed by atoms with E-state index in [1.807, 2.05) is 31.2 Å². The van der Waals surface area contributed by atoms with Gasteiger partial charge >= 0.3 is 5.97 Å². The van der Waals surface area contributed by atoms with Crippen LogP contribution >= 0.6 is 0 Å². The number of carbonyl (C=O) groups excluding carboxylic acids is 1. The van der Waals surface area contributed by atoms with Gasteiger partial charge in [-0.3, -0.25) is 0 Å². The summed E-state index contributed by atoms with van der Waals surface area (Å²) < 4.78 is 15.6. The van der Waals surface area contributed by atoms with Crippen molar-refractivity contribution < 1.29 is 19.0 Å². The fourth-order valence-corrected chi connectivity index (χ4v) is 1.83. The predicted molar refractivity (Wildman–Crippen MR) is 78.3 cm³/mol. The zero-order valence-corrected chi connectivity index (χ0v) is 12.3. The number of carbonyl (C=O) groups is 1. The van der Waals surface area contributed by atoms with E-state index in [1.165, 1.54) is 6.08 Å². The second-order valence-corrected chi connectivity index (χ2v) is 4.09. The van der Waals surface area contributed by atoms with Crippen LogP contribution in [0.4, 0.5) is 0 Å². The van der Waals surface area contributed by atoms with E-state index < -0.39 is 5.97 Å². The molecule has 4 nitrogen and oxygen atoms in total. The summed E-state index contributed by atoms with van der Waals surface area (Å²) in [6.45, 7) is 5.12. The number of esters is 1. The zero-order chi connectivity index (χ0) is 14.8. The van der Waals surface area contributed by atoms with Crippen LogP contribution in [0.3, 0.4) is 0 Å². The van der Waals surface area contributed by atoms with Crippen molar-refractivity contribution in [3.63, 3.8) is 0 Å². The van der Waals surface area contributed by atoms with E-state index >= 15 is 0 Å². The molecule has 0 saturated heterocycles. The standard InChI is InChI=1S/C16H22O4/c1-4-19-15(12-16(17)20-5-2)14-9-7-6-8-13(14)10-11-18-3/h6-9,12H,4-5,10-11H2,1-3H3/b15-12-. The van der Waals surface area contributed by atoms with Gasteiger partial charge in [0.25, 0.3) is 0 Å². The van der Waals surface area contributed by atoms with Gasteiger partial charge in [0.05, 0.1) is 25.9 Å². The average molecular weight is 278 g/mol. The molecule has 110 valence electrons. The molecule has 0 aliphatic heterocycles. The van der Waals surface area contributed by atoms with Gasteiger partial charge in [-0.15, -0.1) is 0 Å². The van der Waals surface area contributed by atoms with E-state index in [1.54, 1.807) is 14.0 Å². The van der Waals surface area contributed by atoms with Crippen LogP contribution in [0.1, 0.15) is 25.0 Å².